The van der Waals surface area contributed by atoms with Gasteiger partial charge < -0.3 is 10.0 Å². The molecule has 1 heterocycles. The molecule has 0 spiro atoms. The van der Waals surface area contributed by atoms with Gasteiger partial charge in [0.05, 0.1) is 0 Å². The zero-order valence-corrected chi connectivity index (χ0v) is 12.4. The van der Waals surface area contributed by atoms with Crippen molar-refractivity contribution in [1.29, 1.82) is 0 Å². The molecule has 1 saturated heterocycles. The van der Waals surface area contributed by atoms with E-state index in [0.717, 1.165) is 25.9 Å². The minimum atomic E-state index is -3.41. The largest absolute Gasteiger partial charge is 0.396 e. The van der Waals surface area contributed by atoms with Crippen LogP contribution >= 0.6 is 0 Å². The van der Waals surface area contributed by atoms with Crippen LogP contribution in [0.5, 0.6) is 0 Å². The van der Waals surface area contributed by atoms with Gasteiger partial charge in [0.1, 0.15) is 0 Å². The second-order valence-corrected chi connectivity index (χ2v) is 7.08. The summed E-state index contributed by atoms with van der Waals surface area (Å²) in [5, 5.41) is 8.76. The summed E-state index contributed by atoms with van der Waals surface area (Å²) in [6, 6.07) is 0.0466. The van der Waals surface area contributed by atoms with E-state index in [1.807, 2.05) is 7.05 Å². The summed E-state index contributed by atoms with van der Waals surface area (Å²) in [5.74, 6) is 0. The van der Waals surface area contributed by atoms with E-state index in [-0.39, 0.29) is 12.6 Å². The van der Waals surface area contributed by atoms with Gasteiger partial charge in [0.15, 0.2) is 0 Å². The van der Waals surface area contributed by atoms with Crippen LogP contribution in [-0.4, -0.2) is 80.5 Å². The molecule has 0 saturated carbocycles. The highest BCUT2D eigenvalue weighted by Gasteiger charge is 2.31. The number of nitrogens with zero attached hydrogens (tertiary/aromatic N) is 3. The van der Waals surface area contributed by atoms with Crippen molar-refractivity contribution in [3.63, 3.8) is 0 Å². The molecule has 1 atom stereocenters. The Morgan fingerprint density at radius 1 is 1.39 bits per heavy atom. The van der Waals surface area contributed by atoms with Crippen LogP contribution in [-0.2, 0) is 10.2 Å². The van der Waals surface area contributed by atoms with Crippen LogP contribution in [0.2, 0.25) is 0 Å². The fraction of sp³-hybridized carbons (Fsp3) is 1.00. The van der Waals surface area contributed by atoms with Crippen molar-refractivity contribution in [2.45, 2.75) is 25.3 Å². The lowest BCUT2D eigenvalue weighted by Gasteiger charge is -2.36. The Balaban J connectivity index is 2.65. The van der Waals surface area contributed by atoms with Gasteiger partial charge in [-0.25, -0.2) is 0 Å². The molecule has 0 bridgehead atoms. The highest BCUT2D eigenvalue weighted by atomic mass is 32.2. The molecule has 1 N–H and O–H groups in total. The van der Waals surface area contributed by atoms with Crippen LogP contribution in [0, 0.1) is 0 Å². The topological polar surface area (TPSA) is 64.1 Å². The van der Waals surface area contributed by atoms with Crippen molar-refractivity contribution in [2.75, 3.05) is 47.4 Å². The third-order valence-corrected chi connectivity index (χ3v) is 5.50. The van der Waals surface area contributed by atoms with Crippen molar-refractivity contribution in [2.24, 2.45) is 0 Å². The van der Waals surface area contributed by atoms with E-state index in [9.17, 15) is 8.42 Å². The Kier molecular flexibility index (Phi) is 6.00. The lowest BCUT2D eigenvalue weighted by Crippen LogP contribution is -2.51. The summed E-state index contributed by atoms with van der Waals surface area (Å²) in [7, 11) is 1.82. The number of likely N-dealkylation sites (N-methyl/N-ethyl adjacent to an activating group) is 2. The van der Waals surface area contributed by atoms with Gasteiger partial charge in [-0.2, -0.15) is 17.0 Å². The van der Waals surface area contributed by atoms with Gasteiger partial charge in [-0.1, -0.05) is 0 Å². The molecular weight excluding hydrogens is 254 g/mol. The molecule has 0 aromatic heterocycles. The smallest absolute Gasteiger partial charge is 0.281 e. The average Bonchev–Trinajstić information content (AvgIpc) is 2.34. The number of aliphatic hydroxyl groups is 1. The third-order valence-electron chi connectivity index (χ3n) is 3.50. The van der Waals surface area contributed by atoms with E-state index < -0.39 is 10.2 Å². The molecule has 18 heavy (non-hydrogen) atoms. The van der Waals surface area contributed by atoms with E-state index in [0.29, 0.717) is 13.0 Å². The molecule has 0 aliphatic carbocycles. The molecule has 0 aromatic rings. The minimum Gasteiger partial charge on any atom is -0.396 e. The average molecular weight is 279 g/mol. The Labute approximate surface area is 110 Å². The molecule has 7 heteroatoms. The summed E-state index contributed by atoms with van der Waals surface area (Å²) in [6.07, 6.45) is 2.41. The lowest BCUT2D eigenvalue weighted by molar-refractivity contribution is 0.181. The van der Waals surface area contributed by atoms with Crippen molar-refractivity contribution < 1.29 is 13.5 Å². The van der Waals surface area contributed by atoms with Crippen molar-refractivity contribution in [3.05, 3.63) is 0 Å². The monoisotopic (exact) mass is 279 g/mol. The van der Waals surface area contributed by atoms with Gasteiger partial charge in [-0.15, -0.1) is 0 Å². The molecule has 1 aliphatic rings. The van der Waals surface area contributed by atoms with Gasteiger partial charge in [0, 0.05) is 39.8 Å². The Hall–Kier alpha value is -0.210. The van der Waals surface area contributed by atoms with Crippen LogP contribution < -0.4 is 0 Å². The molecule has 108 valence electrons. The molecule has 1 fully saturated rings. The molecule has 1 aliphatic heterocycles. The van der Waals surface area contributed by atoms with Crippen molar-refractivity contribution in [3.8, 4) is 0 Å². The fourth-order valence-corrected chi connectivity index (χ4v) is 3.60. The highest BCUT2D eigenvalue weighted by molar-refractivity contribution is 7.86. The standard InChI is InChI=1S/C11H25N3O3S/c1-12-7-4-6-11(10-12)14(3)18(16,17)13(2)8-5-9-15/h11,15H,4-10H2,1-3H3. The maximum Gasteiger partial charge on any atom is 0.281 e. The first kappa shape index (κ1) is 15.8. The van der Waals surface area contributed by atoms with E-state index in [2.05, 4.69) is 4.90 Å². The SMILES string of the molecule is CN1CCCC(N(C)S(=O)(=O)N(C)CCCO)C1. The number of hydrogen-bond donors (Lipinski definition) is 1. The Bertz CT molecular complexity index is 347. The van der Waals surface area contributed by atoms with Crippen molar-refractivity contribution in [1.82, 2.24) is 13.5 Å². The normalized spacial score (nSPS) is 22.9. The van der Waals surface area contributed by atoms with E-state index >= 15 is 0 Å². The summed E-state index contributed by atoms with van der Waals surface area (Å²) in [6.45, 7) is 2.18. The number of piperidine rings is 1. The number of aliphatic hydroxyl groups excluding tert-OH is 1. The molecule has 0 aromatic carbocycles. The van der Waals surface area contributed by atoms with E-state index in [1.165, 1.54) is 8.61 Å². The maximum atomic E-state index is 12.3. The van der Waals surface area contributed by atoms with Gasteiger partial charge in [-0.05, 0) is 32.9 Å². The van der Waals surface area contributed by atoms with Gasteiger partial charge in [0.2, 0.25) is 0 Å². The highest BCUT2D eigenvalue weighted by Crippen LogP contribution is 2.17. The van der Waals surface area contributed by atoms with Crippen LogP contribution in [0.3, 0.4) is 0 Å². The van der Waals surface area contributed by atoms with Crippen molar-refractivity contribution >= 4 is 10.2 Å². The lowest BCUT2D eigenvalue weighted by atomic mass is 10.1. The van der Waals surface area contributed by atoms with Crippen LogP contribution in [0.15, 0.2) is 0 Å². The number of hydrogen-bond acceptors (Lipinski definition) is 4. The Morgan fingerprint density at radius 3 is 2.61 bits per heavy atom. The molecule has 0 amide bonds. The van der Waals surface area contributed by atoms with Gasteiger partial charge in [-0.3, -0.25) is 0 Å². The Morgan fingerprint density at radius 2 is 2.06 bits per heavy atom. The number of rotatable bonds is 6. The van der Waals surface area contributed by atoms with Crippen LogP contribution in [0.4, 0.5) is 0 Å². The van der Waals surface area contributed by atoms with Crippen LogP contribution in [0.1, 0.15) is 19.3 Å². The summed E-state index contributed by atoms with van der Waals surface area (Å²) >= 11 is 0. The second kappa shape index (κ2) is 6.81. The number of likely N-dealkylation sites (tertiary alicyclic amines) is 1. The van der Waals surface area contributed by atoms with E-state index in [4.69, 9.17) is 5.11 Å². The first-order chi connectivity index (χ1) is 8.39. The zero-order chi connectivity index (χ0) is 13.8. The van der Waals surface area contributed by atoms with Gasteiger partial charge in [0.25, 0.3) is 10.2 Å². The maximum absolute atomic E-state index is 12.3. The first-order valence-electron chi connectivity index (χ1n) is 6.38. The van der Waals surface area contributed by atoms with Gasteiger partial charge >= 0.3 is 0 Å². The van der Waals surface area contributed by atoms with E-state index in [1.54, 1.807) is 14.1 Å². The molecule has 0 radical (unpaired) electrons. The molecular formula is C11H25N3O3S. The predicted molar refractivity (Wildman–Crippen MR) is 71.5 cm³/mol. The van der Waals surface area contributed by atoms with Crippen LogP contribution in [0.25, 0.3) is 0 Å². The summed E-state index contributed by atoms with van der Waals surface area (Å²) < 4.78 is 27.4. The molecule has 1 unspecified atom stereocenters. The first-order valence-corrected chi connectivity index (χ1v) is 7.78. The summed E-state index contributed by atoms with van der Waals surface area (Å²) in [5.41, 5.74) is 0. The molecule has 1 rings (SSSR count). The fourth-order valence-electron chi connectivity index (χ4n) is 2.25. The quantitative estimate of drug-likeness (QED) is 0.717. The third kappa shape index (κ3) is 3.89. The molecule has 6 nitrogen and oxygen atoms in total. The summed E-state index contributed by atoms with van der Waals surface area (Å²) in [4.78, 5) is 2.16. The minimum absolute atomic E-state index is 0.00966. The second-order valence-electron chi connectivity index (χ2n) is 4.98. The zero-order valence-electron chi connectivity index (χ0n) is 11.5. The predicted octanol–water partition coefficient (Wildman–Crippen LogP) is -0.429.